The molecule has 1 atom stereocenters. The molecule has 1 aliphatic carbocycles. The lowest BCUT2D eigenvalue weighted by molar-refractivity contribution is 0.331. The number of nitrogens with zero attached hydrogens (tertiary/aromatic N) is 1. The van der Waals surface area contributed by atoms with Crippen LogP contribution in [0.1, 0.15) is 31.7 Å². The van der Waals surface area contributed by atoms with E-state index in [1.807, 2.05) is 0 Å². The molecule has 2 fully saturated rings. The molecule has 1 aliphatic heterocycles. The fourth-order valence-corrected chi connectivity index (χ4v) is 3.65. The predicted octanol–water partition coefficient (Wildman–Crippen LogP) is 3.73. The highest BCUT2D eigenvalue weighted by Crippen LogP contribution is 2.41. The Kier molecular flexibility index (Phi) is 3.61. The Morgan fingerprint density at radius 3 is 2.89 bits per heavy atom. The summed E-state index contributed by atoms with van der Waals surface area (Å²) < 4.78 is 1.18. The van der Waals surface area contributed by atoms with Crippen molar-refractivity contribution in [3.63, 3.8) is 0 Å². The van der Waals surface area contributed by atoms with Crippen molar-refractivity contribution >= 4 is 21.6 Å². The first-order chi connectivity index (χ1) is 9.08. The Hall–Kier alpha value is -0.540. The molecule has 0 bridgehead atoms. The number of benzene rings is 1. The normalized spacial score (nSPS) is 28.3. The highest BCUT2D eigenvalue weighted by atomic mass is 79.9. The summed E-state index contributed by atoms with van der Waals surface area (Å²) in [5.74, 6) is 0.876. The van der Waals surface area contributed by atoms with Gasteiger partial charge in [-0.1, -0.05) is 22.0 Å². The lowest BCUT2D eigenvalue weighted by atomic mass is 9.95. The largest absolute Gasteiger partial charge is 0.369 e. The summed E-state index contributed by atoms with van der Waals surface area (Å²) in [6, 6.07) is 6.62. The molecule has 1 aromatic rings. The van der Waals surface area contributed by atoms with E-state index in [0.29, 0.717) is 5.54 Å². The van der Waals surface area contributed by atoms with Gasteiger partial charge in [-0.3, -0.25) is 0 Å². The Morgan fingerprint density at radius 1 is 1.37 bits per heavy atom. The van der Waals surface area contributed by atoms with E-state index in [4.69, 9.17) is 0 Å². The molecular weight excluding hydrogens is 300 g/mol. The van der Waals surface area contributed by atoms with E-state index < -0.39 is 0 Å². The van der Waals surface area contributed by atoms with E-state index >= 15 is 0 Å². The van der Waals surface area contributed by atoms with Gasteiger partial charge >= 0.3 is 0 Å². The van der Waals surface area contributed by atoms with E-state index in [1.165, 1.54) is 35.0 Å². The van der Waals surface area contributed by atoms with Crippen LogP contribution in [0.5, 0.6) is 0 Å². The van der Waals surface area contributed by atoms with E-state index in [-0.39, 0.29) is 0 Å². The van der Waals surface area contributed by atoms with Crippen molar-refractivity contribution in [2.75, 3.05) is 24.5 Å². The van der Waals surface area contributed by atoms with Crippen LogP contribution in [0.25, 0.3) is 0 Å². The molecule has 1 N–H and O–H groups in total. The molecule has 0 amide bonds. The molecule has 1 saturated heterocycles. The SMILES string of the molecule is Cc1ccc(Br)cc1N1CCCNC(C)(C2CC2)C1. The van der Waals surface area contributed by atoms with Gasteiger partial charge in [0.25, 0.3) is 0 Å². The molecule has 3 heteroatoms. The highest BCUT2D eigenvalue weighted by molar-refractivity contribution is 9.10. The molecule has 1 unspecified atom stereocenters. The third-order valence-electron chi connectivity index (χ3n) is 4.64. The standard InChI is InChI=1S/C16H23BrN2/c1-12-4-7-14(17)10-15(12)19-9-3-8-18-16(2,11-19)13-5-6-13/h4,7,10,13,18H,3,5-6,8-9,11H2,1-2H3. The van der Waals surface area contributed by atoms with E-state index in [1.54, 1.807) is 0 Å². The zero-order chi connectivity index (χ0) is 13.5. The molecule has 3 rings (SSSR count). The Balaban J connectivity index is 1.88. The molecule has 0 aromatic heterocycles. The maximum atomic E-state index is 3.80. The summed E-state index contributed by atoms with van der Waals surface area (Å²) in [4.78, 5) is 2.58. The van der Waals surface area contributed by atoms with Crippen LogP contribution in [-0.4, -0.2) is 25.2 Å². The van der Waals surface area contributed by atoms with Crippen LogP contribution < -0.4 is 10.2 Å². The number of rotatable bonds is 2. The minimum Gasteiger partial charge on any atom is -0.369 e. The molecule has 1 aromatic carbocycles. The van der Waals surface area contributed by atoms with Crippen molar-refractivity contribution in [1.82, 2.24) is 5.32 Å². The number of hydrogen-bond acceptors (Lipinski definition) is 2. The van der Waals surface area contributed by atoms with Crippen molar-refractivity contribution in [1.29, 1.82) is 0 Å². The zero-order valence-electron chi connectivity index (χ0n) is 11.9. The van der Waals surface area contributed by atoms with Crippen LogP contribution in [0.4, 0.5) is 5.69 Å². The first-order valence-electron chi connectivity index (χ1n) is 7.35. The summed E-state index contributed by atoms with van der Waals surface area (Å²) in [5.41, 5.74) is 3.07. The van der Waals surface area contributed by atoms with Crippen molar-refractivity contribution in [2.24, 2.45) is 5.92 Å². The number of nitrogens with one attached hydrogen (secondary N) is 1. The van der Waals surface area contributed by atoms with Crippen molar-refractivity contribution < 1.29 is 0 Å². The molecule has 0 spiro atoms. The number of aryl methyl sites for hydroxylation is 1. The van der Waals surface area contributed by atoms with Gasteiger partial charge in [0.2, 0.25) is 0 Å². The van der Waals surface area contributed by atoms with Crippen LogP contribution in [0.15, 0.2) is 22.7 Å². The second-order valence-corrected chi connectivity index (χ2v) is 7.24. The molecule has 19 heavy (non-hydrogen) atoms. The van der Waals surface area contributed by atoms with Gasteiger partial charge in [-0.25, -0.2) is 0 Å². The molecular formula is C16H23BrN2. The van der Waals surface area contributed by atoms with Gasteiger partial charge in [-0.15, -0.1) is 0 Å². The molecule has 2 nitrogen and oxygen atoms in total. The predicted molar refractivity (Wildman–Crippen MR) is 84.8 cm³/mol. The minimum absolute atomic E-state index is 0.297. The van der Waals surface area contributed by atoms with E-state index in [2.05, 4.69) is 58.2 Å². The Bertz CT molecular complexity index is 470. The summed E-state index contributed by atoms with van der Waals surface area (Å²) in [6.45, 7) is 8.07. The summed E-state index contributed by atoms with van der Waals surface area (Å²) in [5, 5.41) is 3.80. The monoisotopic (exact) mass is 322 g/mol. The van der Waals surface area contributed by atoms with Crippen LogP contribution in [0, 0.1) is 12.8 Å². The van der Waals surface area contributed by atoms with Gasteiger partial charge in [0, 0.05) is 28.8 Å². The van der Waals surface area contributed by atoms with Crippen molar-refractivity contribution in [2.45, 2.75) is 38.6 Å². The third kappa shape index (κ3) is 2.82. The topological polar surface area (TPSA) is 15.3 Å². The van der Waals surface area contributed by atoms with Gasteiger partial charge in [-0.05, 0) is 63.3 Å². The second-order valence-electron chi connectivity index (χ2n) is 6.32. The zero-order valence-corrected chi connectivity index (χ0v) is 13.5. The molecule has 1 saturated carbocycles. The van der Waals surface area contributed by atoms with Gasteiger partial charge < -0.3 is 10.2 Å². The number of anilines is 1. The lowest BCUT2D eigenvalue weighted by Crippen LogP contribution is -2.51. The van der Waals surface area contributed by atoms with Gasteiger partial charge in [0.15, 0.2) is 0 Å². The number of halogens is 1. The van der Waals surface area contributed by atoms with Gasteiger partial charge in [-0.2, -0.15) is 0 Å². The molecule has 2 aliphatic rings. The van der Waals surface area contributed by atoms with Gasteiger partial charge in [0.05, 0.1) is 0 Å². The second kappa shape index (κ2) is 5.10. The highest BCUT2D eigenvalue weighted by Gasteiger charge is 2.43. The first-order valence-corrected chi connectivity index (χ1v) is 8.14. The summed E-state index contributed by atoms with van der Waals surface area (Å²) in [7, 11) is 0. The molecule has 0 radical (unpaired) electrons. The quantitative estimate of drug-likeness (QED) is 0.892. The maximum Gasteiger partial charge on any atom is 0.0407 e. The fourth-order valence-electron chi connectivity index (χ4n) is 3.30. The molecule has 1 heterocycles. The smallest absolute Gasteiger partial charge is 0.0407 e. The average Bonchev–Trinajstić information content (AvgIpc) is 3.19. The molecule has 104 valence electrons. The van der Waals surface area contributed by atoms with E-state index in [0.717, 1.165) is 25.6 Å². The van der Waals surface area contributed by atoms with Crippen LogP contribution >= 0.6 is 15.9 Å². The Morgan fingerprint density at radius 2 is 2.16 bits per heavy atom. The lowest BCUT2D eigenvalue weighted by Gasteiger charge is -2.35. The third-order valence-corrected chi connectivity index (χ3v) is 5.14. The first kappa shape index (κ1) is 13.4. The summed E-state index contributed by atoms with van der Waals surface area (Å²) >= 11 is 3.61. The van der Waals surface area contributed by atoms with Crippen LogP contribution in [0.2, 0.25) is 0 Å². The van der Waals surface area contributed by atoms with Crippen molar-refractivity contribution in [3.8, 4) is 0 Å². The van der Waals surface area contributed by atoms with E-state index in [9.17, 15) is 0 Å². The van der Waals surface area contributed by atoms with Crippen molar-refractivity contribution in [3.05, 3.63) is 28.2 Å². The maximum absolute atomic E-state index is 3.80. The average molecular weight is 323 g/mol. The van der Waals surface area contributed by atoms with Gasteiger partial charge in [0.1, 0.15) is 0 Å². The Labute approximate surface area is 124 Å². The fraction of sp³-hybridized carbons (Fsp3) is 0.625. The van der Waals surface area contributed by atoms with Crippen LogP contribution in [0.3, 0.4) is 0 Å². The minimum atomic E-state index is 0.297. The summed E-state index contributed by atoms with van der Waals surface area (Å²) in [6.07, 6.45) is 4.03. The number of hydrogen-bond donors (Lipinski definition) is 1. The van der Waals surface area contributed by atoms with Crippen LogP contribution in [-0.2, 0) is 0 Å².